The fraction of sp³-hybridized carbons (Fsp3) is 0.400. The third-order valence-corrected chi connectivity index (χ3v) is 4.25. The van der Waals surface area contributed by atoms with Crippen LogP contribution in [0.1, 0.15) is 30.0 Å². The minimum Gasteiger partial charge on any atom is -0.482 e. The zero-order valence-corrected chi connectivity index (χ0v) is 14.0. The highest BCUT2D eigenvalue weighted by atomic mass is 32.2. The summed E-state index contributed by atoms with van der Waals surface area (Å²) in [6.45, 7) is 5.98. The number of hydrogen-bond donors (Lipinski definition) is 1. The maximum Gasteiger partial charge on any atom is 0.227 e. The first-order chi connectivity index (χ1) is 10.4. The van der Waals surface area contributed by atoms with E-state index in [4.69, 9.17) is 10.5 Å². The number of ether oxygens (including phenoxy) is 1. The molecule has 0 radical (unpaired) electrons. The van der Waals surface area contributed by atoms with E-state index in [0.29, 0.717) is 11.0 Å². The van der Waals surface area contributed by atoms with Gasteiger partial charge < -0.3 is 15.0 Å². The van der Waals surface area contributed by atoms with E-state index in [0.717, 1.165) is 11.3 Å². The summed E-state index contributed by atoms with van der Waals surface area (Å²) in [7, 11) is 1.85. The molecule has 0 spiro atoms. The molecular weight excluding hydrogens is 300 g/mol. The Bertz CT molecular complexity index is 684. The Morgan fingerprint density at radius 3 is 2.77 bits per heavy atom. The van der Waals surface area contributed by atoms with Gasteiger partial charge in [-0.15, -0.1) is 10.2 Å². The predicted octanol–water partition coefficient (Wildman–Crippen LogP) is 2.15. The molecule has 0 bridgehead atoms. The molecule has 1 aromatic carbocycles. The molecule has 2 aromatic rings. The van der Waals surface area contributed by atoms with Crippen LogP contribution in [0.15, 0.2) is 23.4 Å². The molecular formula is C15H20N4O2S. The highest BCUT2D eigenvalue weighted by molar-refractivity contribution is 7.99. The topological polar surface area (TPSA) is 83.0 Å². The van der Waals surface area contributed by atoms with Crippen LogP contribution in [0.2, 0.25) is 0 Å². The van der Waals surface area contributed by atoms with Crippen molar-refractivity contribution in [2.24, 2.45) is 12.8 Å². The zero-order valence-electron chi connectivity index (χ0n) is 13.2. The summed E-state index contributed by atoms with van der Waals surface area (Å²) < 4.78 is 7.80. The number of aromatic nitrogens is 3. The molecule has 0 aliphatic rings. The molecule has 0 saturated carbocycles. The van der Waals surface area contributed by atoms with E-state index in [1.54, 1.807) is 0 Å². The molecule has 0 unspecified atom stereocenters. The molecule has 1 amide bonds. The van der Waals surface area contributed by atoms with E-state index in [2.05, 4.69) is 16.3 Å². The zero-order chi connectivity index (χ0) is 16.3. The first kappa shape index (κ1) is 16.4. The van der Waals surface area contributed by atoms with Gasteiger partial charge in [-0.05, 0) is 32.4 Å². The van der Waals surface area contributed by atoms with Gasteiger partial charge in [-0.25, -0.2) is 0 Å². The highest BCUT2D eigenvalue weighted by Gasteiger charge is 2.18. The second-order valence-electron chi connectivity index (χ2n) is 5.18. The Morgan fingerprint density at radius 1 is 1.41 bits per heavy atom. The van der Waals surface area contributed by atoms with E-state index >= 15 is 0 Å². The smallest absolute Gasteiger partial charge is 0.227 e. The van der Waals surface area contributed by atoms with Crippen LogP contribution in [-0.2, 0) is 11.8 Å². The van der Waals surface area contributed by atoms with Crippen molar-refractivity contribution in [1.29, 1.82) is 0 Å². The summed E-state index contributed by atoms with van der Waals surface area (Å²) in [5.74, 6) is 1.33. The minimum absolute atomic E-state index is 0.179. The first-order valence-corrected chi connectivity index (χ1v) is 7.91. The highest BCUT2D eigenvalue weighted by Crippen LogP contribution is 2.26. The molecule has 0 fully saturated rings. The monoisotopic (exact) mass is 320 g/mol. The van der Waals surface area contributed by atoms with Gasteiger partial charge in [0, 0.05) is 7.05 Å². The predicted molar refractivity (Wildman–Crippen MR) is 85.9 cm³/mol. The van der Waals surface area contributed by atoms with Gasteiger partial charge in [0.2, 0.25) is 5.91 Å². The third-order valence-electron chi connectivity index (χ3n) is 3.21. The van der Waals surface area contributed by atoms with Crippen LogP contribution in [0.5, 0.6) is 5.75 Å². The van der Waals surface area contributed by atoms with E-state index in [1.807, 2.05) is 44.5 Å². The van der Waals surface area contributed by atoms with Crippen LogP contribution in [-0.4, -0.2) is 26.4 Å². The standard InChI is InChI=1S/C15H20N4O2S/c1-9-5-6-12(10(2)7-9)21-11(3)14-17-18-15(19(14)4)22-8-13(16)20/h5-7,11H,8H2,1-4H3,(H2,16,20)/t11-/m0/s1. The first-order valence-electron chi connectivity index (χ1n) is 6.92. The van der Waals surface area contributed by atoms with Crippen molar-refractivity contribution in [3.63, 3.8) is 0 Å². The van der Waals surface area contributed by atoms with Crippen molar-refractivity contribution < 1.29 is 9.53 Å². The van der Waals surface area contributed by atoms with Crippen molar-refractivity contribution >= 4 is 17.7 Å². The Morgan fingerprint density at radius 2 is 2.14 bits per heavy atom. The molecule has 0 aliphatic heterocycles. The lowest BCUT2D eigenvalue weighted by Gasteiger charge is -2.16. The number of carbonyl (C=O) groups excluding carboxylic acids is 1. The number of primary amides is 1. The Balaban J connectivity index is 2.12. The average molecular weight is 320 g/mol. The molecule has 118 valence electrons. The molecule has 0 saturated heterocycles. The molecule has 1 atom stereocenters. The number of hydrogen-bond acceptors (Lipinski definition) is 5. The minimum atomic E-state index is -0.380. The maximum absolute atomic E-state index is 10.8. The number of benzene rings is 1. The lowest BCUT2D eigenvalue weighted by molar-refractivity contribution is -0.115. The summed E-state index contributed by atoms with van der Waals surface area (Å²) in [5.41, 5.74) is 7.42. The van der Waals surface area contributed by atoms with Gasteiger partial charge in [-0.2, -0.15) is 0 Å². The number of nitrogens with zero attached hydrogens (tertiary/aromatic N) is 3. The van der Waals surface area contributed by atoms with E-state index in [9.17, 15) is 4.79 Å². The molecule has 6 nitrogen and oxygen atoms in total. The summed E-state index contributed by atoms with van der Waals surface area (Å²) >= 11 is 1.26. The van der Waals surface area contributed by atoms with E-state index in [-0.39, 0.29) is 17.8 Å². The van der Waals surface area contributed by atoms with Crippen molar-refractivity contribution in [3.05, 3.63) is 35.2 Å². The van der Waals surface area contributed by atoms with Crippen LogP contribution >= 0.6 is 11.8 Å². The summed E-state index contributed by atoms with van der Waals surface area (Å²) in [6, 6.07) is 6.05. The summed E-state index contributed by atoms with van der Waals surface area (Å²) in [6.07, 6.45) is -0.248. The number of amides is 1. The molecule has 22 heavy (non-hydrogen) atoms. The van der Waals surface area contributed by atoms with E-state index in [1.165, 1.54) is 17.3 Å². The number of aryl methyl sites for hydroxylation is 2. The van der Waals surface area contributed by atoms with Crippen LogP contribution in [0.25, 0.3) is 0 Å². The molecule has 1 aromatic heterocycles. The second-order valence-corrected chi connectivity index (χ2v) is 6.13. The SMILES string of the molecule is Cc1ccc(O[C@@H](C)c2nnc(SCC(N)=O)n2C)c(C)c1. The van der Waals surface area contributed by atoms with Gasteiger partial charge in [-0.1, -0.05) is 29.5 Å². The van der Waals surface area contributed by atoms with Crippen LogP contribution < -0.4 is 10.5 Å². The lowest BCUT2D eigenvalue weighted by atomic mass is 10.1. The van der Waals surface area contributed by atoms with Crippen molar-refractivity contribution in [2.75, 3.05) is 5.75 Å². The van der Waals surface area contributed by atoms with Gasteiger partial charge in [0.05, 0.1) is 5.75 Å². The lowest BCUT2D eigenvalue weighted by Crippen LogP contribution is -2.14. The largest absolute Gasteiger partial charge is 0.482 e. The van der Waals surface area contributed by atoms with Crippen molar-refractivity contribution in [2.45, 2.75) is 32.0 Å². The van der Waals surface area contributed by atoms with Gasteiger partial charge in [-0.3, -0.25) is 4.79 Å². The van der Waals surface area contributed by atoms with Crippen molar-refractivity contribution in [3.8, 4) is 5.75 Å². The maximum atomic E-state index is 10.8. The van der Waals surface area contributed by atoms with Gasteiger partial charge in [0.15, 0.2) is 17.1 Å². The van der Waals surface area contributed by atoms with E-state index < -0.39 is 0 Å². The third kappa shape index (κ3) is 3.79. The fourth-order valence-corrected chi connectivity index (χ4v) is 2.77. The van der Waals surface area contributed by atoms with Crippen LogP contribution in [0.3, 0.4) is 0 Å². The fourth-order valence-electron chi connectivity index (χ4n) is 2.12. The van der Waals surface area contributed by atoms with Gasteiger partial charge in [0.1, 0.15) is 5.75 Å². The molecule has 2 rings (SSSR count). The number of carbonyl (C=O) groups is 1. The molecule has 0 aliphatic carbocycles. The summed E-state index contributed by atoms with van der Waals surface area (Å²) in [5, 5.41) is 8.87. The Labute approximate surface area is 134 Å². The van der Waals surface area contributed by atoms with Crippen LogP contribution in [0, 0.1) is 13.8 Å². The summed E-state index contributed by atoms with van der Waals surface area (Å²) in [4.78, 5) is 10.8. The Hall–Kier alpha value is -2.02. The molecule has 1 heterocycles. The quantitative estimate of drug-likeness (QED) is 0.825. The van der Waals surface area contributed by atoms with Crippen molar-refractivity contribution in [1.82, 2.24) is 14.8 Å². The number of nitrogens with two attached hydrogens (primary N) is 1. The Kier molecular flexibility index (Phi) is 5.07. The average Bonchev–Trinajstić information content (AvgIpc) is 2.81. The van der Waals surface area contributed by atoms with Gasteiger partial charge >= 0.3 is 0 Å². The number of thioether (sulfide) groups is 1. The second kappa shape index (κ2) is 6.83. The normalized spacial score (nSPS) is 12.2. The van der Waals surface area contributed by atoms with Crippen LogP contribution in [0.4, 0.5) is 0 Å². The number of rotatable bonds is 6. The molecule has 7 heteroatoms. The molecule has 2 N–H and O–H groups in total. The van der Waals surface area contributed by atoms with Gasteiger partial charge in [0.25, 0.3) is 0 Å².